The molecule has 0 aliphatic rings. The predicted molar refractivity (Wildman–Crippen MR) is 106 cm³/mol. The van der Waals surface area contributed by atoms with Crippen LogP contribution in [0.15, 0.2) is 66.7 Å². The first-order chi connectivity index (χ1) is 12.9. The van der Waals surface area contributed by atoms with E-state index in [1.165, 1.54) is 26.3 Å². The van der Waals surface area contributed by atoms with Crippen LogP contribution >= 0.6 is 0 Å². The van der Waals surface area contributed by atoms with Crippen LogP contribution in [0.5, 0.6) is 0 Å². The van der Waals surface area contributed by atoms with Crippen LogP contribution in [0.25, 0.3) is 11.1 Å². The summed E-state index contributed by atoms with van der Waals surface area (Å²) in [4.78, 5) is 19.0. The minimum absolute atomic E-state index is 0. The number of carbonyl (C=O) groups excluding carboxylic acids is 1. The summed E-state index contributed by atoms with van der Waals surface area (Å²) in [6.45, 7) is 0.784. The molecular weight excluding hydrogens is 399 g/mol. The zero-order valence-corrected chi connectivity index (χ0v) is 17.6. The monoisotopic (exact) mass is 424 g/mol. The molecule has 3 aromatic carbocycles. The van der Waals surface area contributed by atoms with E-state index in [-0.39, 0.29) is 28.8 Å². The van der Waals surface area contributed by atoms with E-state index in [0.717, 1.165) is 22.7 Å². The summed E-state index contributed by atoms with van der Waals surface area (Å²) in [5.41, 5.74) is 2.67. The number of halogens is 1. The Morgan fingerprint density at radius 1 is 1.18 bits per heavy atom. The Kier molecular flexibility index (Phi) is 9.83. The largest absolute Gasteiger partial charge is 2.00 e. The Morgan fingerprint density at radius 2 is 1.86 bits per heavy atom. The molecule has 0 aliphatic heterocycles. The molecule has 0 atom stereocenters. The van der Waals surface area contributed by atoms with Gasteiger partial charge < -0.3 is 4.90 Å². The summed E-state index contributed by atoms with van der Waals surface area (Å²) >= 11 is 0. The summed E-state index contributed by atoms with van der Waals surface area (Å²) < 4.78 is 14.1. The number of amides is 1. The van der Waals surface area contributed by atoms with Crippen LogP contribution in [-0.2, 0) is 28.5 Å². The minimum atomic E-state index is -0.348. The van der Waals surface area contributed by atoms with Crippen molar-refractivity contribution in [1.82, 2.24) is 9.96 Å². The molecule has 0 spiro atoms. The summed E-state index contributed by atoms with van der Waals surface area (Å²) in [5, 5.41) is 1.11. The van der Waals surface area contributed by atoms with Crippen LogP contribution in [0.1, 0.15) is 15.9 Å². The molecule has 6 heteroatoms. The Hall–Kier alpha value is -2.24. The molecule has 0 heterocycles. The van der Waals surface area contributed by atoms with Gasteiger partial charge in [0.25, 0.3) is 5.91 Å². The van der Waals surface area contributed by atoms with E-state index in [9.17, 15) is 9.18 Å². The van der Waals surface area contributed by atoms with Crippen molar-refractivity contribution in [2.75, 3.05) is 28.3 Å². The Labute approximate surface area is 176 Å². The third-order valence-electron chi connectivity index (χ3n) is 3.96. The number of carbonyl (C=O) groups is 1. The maximum atomic E-state index is 14.1. The Bertz CT molecular complexity index is 827. The van der Waals surface area contributed by atoms with E-state index in [0.29, 0.717) is 11.1 Å². The van der Waals surface area contributed by atoms with Crippen LogP contribution in [0.3, 0.4) is 0 Å². The smallest absolute Gasteiger partial charge is 0.313 e. The molecule has 0 fully saturated rings. The third kappa shape index (κ3) is 6.73. The molecule has 1 amide bonds. The zero-order chi connectivity index (χ0) is 19.8. The van der Waals surface area contributed by atoms with E-state index >= 15 is 0 Å². The van der Waals surface area contributed by atoms with Crippen LogP contribution in [0.4, 0.5) is 4.39 Å². The van der Waals surface area contributed by atoms with Crippen molar-refractivity contribution in [1.29, 1.82) is 0 Å². The van der Waals surface area contributed by atoms with Gasteiger partial charge in [-0.15, -0.1) is 29.8 Å². The molecule has 0 N–H and O–H groups in total. The topological polar surface area (TPSA) is 32.8 Å². The summed E-state index contributed by atoms with van der Waals surface area (Å²) in [7, 11) is 6.89. The first-order valence-corrected chi connectivity index (χ1v) is 8.61. The molecule has 28 heavy (non-hydrogen) atoms. The van der Waals surface area contributed by atoms with Gasteiger partial charge in [0.1, 0.15) is 0 Å². The molecule has 150 valence electrons. The first kappa shape index (κ1) is 23.8. The Morgan fingerprint density at radius 3 is 2.39 bits per heavy atom. The summed E-state index contributed by atoms with van der Waals surface area (Å²) in [6, 6.07) is 20.1. The van der Waals surface area contributed by atoms with Gasteiger partial charge in [-0.05, 0) is 20.6 Å². The normalized spacial score (nSPS) is 10.1. The van der Waals surface area contributed by atoms with Crippen molar-refractivity contribution in [3.05, 3.63) is 83.7 Å². The average molecular weight is 424 g/mol. The van der Waals surface area contributed by atoms with Gasteiger partial charge in [-0.3, -0.25) is 14.0 Å². The number of hydrogen-bond donors (Lipinski definition) is 0. The van der Waals surface area contributed by atoms with Gasteiger partial charge in [0, 0.05) is 12.6 Å². The predicted octanol–water partition coefficient (Wildman–Crippen LogP) is 4.31. The number of benzene rings is 1. The van der Waals surface area contributed by atoms with Crippen molar-refractivity contribution in [3.63, 3.8) is 0 Å². The maximum Gasteiger partial charge on any atom is 2.00 e. The maximum absolute atomic E-state index is 14.1. The molecule has 0 unspecified atom stereocenters. The average Bonchev–Trinajstić information content (AvgIpc) is 3.35. The van der Waals surface area contributed by atoms with Crippen LogP contribution in [-0.4, -0.2) is 44.1 Å². The van der Waals surface area contributed by atoms with Crippen LogP contribution < -0.4 is 0 Å². The van der Waals surface area contributed by atoms with E-state index in [4.69, 9.17) is 4.84 Å². The quantitative estimate of drug-likeness (QED) is 0.348. The molecule has 4 nitrogen and oxygen atoms in total. The van der Waals surface area contributed by atoms with Crippen molar-refractivity contribution in [2.45, 2.75) is 6.54 Å². The molecule has 0 saturated carbocycles. The fourth-order valence-corrected chi connectivity index (χ4v) is 2.59. The molecule has 3 aromatic rings. The first-order valence-electron chi connectivity index (χ1n) is 8.61. The second-order valence-electron chi connectivity index (χ2n) is 6.39. The van der Waals surface area contributed by atoms with Crippen LogP contribution in [0, 0.1) is 5.82 Å². The zero-order valence-electron chi connectivity index (χ0n) is 16.5. The molecule has 0 saturated heterocycles. The second kappa shape index (κ2) is 11.6. The van der Waals surface area contributed by atoms with Gasteiger partial charge in [-0.25, -0.2) is 17.2 Å². The van der Waals surface area contributed by atoms with Crippen molar-refractivity contribution in [2.24, 2.45) is 0 Å². The molecule has 0 bridgehead atoms. The minimum Gasteiger partial charge on any atom is -0.313 e. The molecule has 0 radical (unpaired) electrons. The standard InChI is InChI=1S/C17H20FN2O2.C5H5.Fe/c1-19(2)11-12-5-6-13(9-12)15-10-14(7-8-16(15)18)17(21)20(3)22-4;1-2-4-5-3-1;/h5-10H,11H2,1-4H3;1-5H;/q2*-1;+2. The number of hydrogen-bond acceptors (Lipinski definition) is 3. The molecule has 3 rings (SSSR count). The van der Waals surface area contributed by atoms with Crippen molar-refractivity contribution in [3.8, 4) is 11.1 Å². The fraction of sp³-hybridized carbons (Fsp3) is 0.227. The second-order valence-corrected chi connectivity index (χ2v) is 6.39. The van der Waals surface area contributed by atoms with E-state index < -0.39 is 0 Å². The van der Waals surface area contributed by atoms with E-state index in [1.807, 2.05) is 67.5 Å². The van der Waals surface area contributed by atoms with Gasteiger partial charge in [-0.1, -0.05) is 23.3 Å². The SMILES string of the molecule is CON(C)C(=O)c1ccc(F)c(-[c-]2ccc(CN(C)C)c2)c1.[Fe+2].c1cc[cH-]c1. The number of rotatable bonds is 5. The summed E-state index contributed by atoms with van der Waals surface area (Å²) in [5.74, 6) is -0.664. The molecule has 0 aromatic heterocycles. The molecular formula is C22H25FFeN2O2. The van der Waals surface area contributed by atoms with Gasteiger partial charge in [0.05, 0.1) is 12.9 Å². The Balaban J connectivity index is 0.000000567. The fourth-order valence-electron chi connectivity index (χ4n) is 2.59. The van der Waals surface area contributed by atoms with E-state index in [2.05, 4.69) is 0 Å². The number of nitrogens with zero attached hydrogens (tertiary/aromatic N) is 2. The number of hydroxylamine groups is 2. The van der Waals surface area contributed by atoms with Gasteiger partial charge in [-0.2, -0.15) is 18.2 Å². The molecule has 0 aliphatic carbocycles. The van der Waals surface area contributed by atoms with Gasteiger partial charge in [0.15, 0.2) is 0 Å². The van der Waals surface area contributed by atoms with E-state index in [1.54, 1.807) is 6.07 Å². The van der Waals surface area contributed by atoms with Crippen molar-refractivity contribution >= 4 is 5.91 Å². The van der Waals surface area contributed by atoms with Gasteiger partial charge in [0.2, 0.25) is 0 Å². The summed E-state index contributed by atoms with van der Waals surface area (Å²) in [6.07, 6.45) is 0. The van der Waals surface area contributed by atoms with Gasteiger partial charge >= 0.3 is 17.1 Å². The van der Waals surface area contributed by atoms with Crippen molar-refractivity contribution < 1.29 is 31.1 Å². The van der Waals surface area contributed by atoms with Crippen LogP contribution in [0.2, 0.25) is 0 Å². The third-order valence-corrected chi connectivity index (χ3v) is 3.96.